The first-order chi connectivity index (χ1) is 8.61. The van der Waals surface area contributed by atoms with Crippen LogP contribution in [0.2, 0.25) is 0 Å². The van der Waals surface area contributed by atoms with Crippen molar-refractivity contribution in [2.75, 3.05) is 11.9 Å². The van der Waals surface area contributed by atoms with E-state index in [-0.39, 0.29) is 6.42 Å². The van der Waals surface area contributed by atoms with Crippen molar-refractivity contribution in [1.29, 1.82) is 5.26 Å². The number of rotatable bonds is 7. The highest BCUT2D eigenvalue weighted by molar-refractivity contribution is 5.66. The Labute approximate surface area is 106 Å². The van der Waals surface area contributed by atoms with Crippen molar-refractivity contribution >= 4 is 11.8 Å². The van der Waals surface area contributed by atoms with Gasteiger partial charge in [0.2, 0.25) is 0 Å². The van der Waals surface area contributed by atoms with Crippen LogP contribution in [0.4, 0.5) is 5.82 Å². The summed E-state index contributed by atoms with van der Waals surface area (Å²) in [7, 11) is 0. The molecule has 0 aliphatic rings. The van der Waals surface area contributed by atoms with Gasteiger partial charge in [-0.1, -0.05) is 6.92 Å². The van der Waals surface area contributed by atoms with E-state index in [0.29, 0.717) is 23.7 Å². The second kappa shape index (κ2) is 7.28. The maximum absolute atomic E-state index is 10.4. The summed E-state index contributed by atoms with van der Waals surface area (Å²) in [4.78, 5) is 14.5. The molecule has 0 saturated heterocycles. The van der Waals surface area contributed by atoms with Gasteiger partial charge in [-0.25, -0.2) is 4.98 Å². The molecule has 0 radical (unpaired) electrons. The van der Waals surface area contributed by atoms with Gasteiger partial charge in [0, 0.05) is 19.2 Å². The fraction of sp³-hybridized carbons (Fsp3) is 0.462. The summed E-state index contributed by atoms with van der Waals surface area (Å²) < 4.78 is 0. The van der Waals surface area contributed by atoms with Crippen LogP contribution in [0.1, 0.15) is 31.7 Å². The van der Waals surface area contributed by atoms with E-state index in [0.717, 1.165) is 13.0 Å². The van der Waals surface area contributed by atoms with Crippen LogP contribution in [0, 0.1) is 17.2 Å². The molecule has 5 heteroatoms. The first-order valence-corrected chi connectivity index (χ1v) is 5.93. The molecule has 2 N–H and O–H groups in total. The third-order valence-corrected chi connectivity index (χ3v) is 2.68. The molecule has 1 rings (SSSR count). The van der Waals surface area contributed by atoms with E-state index in [2.05, 4.69) is 16.4 Å². The van der Waals surface area contributed by atoms with Gasteiger partial charge < -0.3 is 10.4 Å². The fourth-order valence-corrected chi connectivity index (χ4v) is 1.56. The molecule has 0 saturated carbocycles. The summed E-state index contributed by atoms with van der Waals surface area (Å²) in [6.45, 7) is 2.76. The van der Waals surface area contributed by atoms with Crippen molar-refractivity contribution < 1.29 is 9.90 Å². The van der Waals surface area contributed by atoms with E-state index in [4.69, 9.17) is 10.4 Å². The highest BCUT2D eigenvalue weighted by atomic mass is 16.4. The van der Waals surface area contributed by atoms with E-state index in [1.54, 1.807) is 18.3 Å². The van der Waals surface area contributed by atoms with Crippen molar-refractivity contribution in [1.82, 2.24) is 4.98 Å². The van der Waals surface area contributed by atoms with Crippen LogP contribution >= 0.6 is 0 Å². The second-order valence-corrected chi connectivity index (χ2v) is 4.29. The number of hydrogen-bond donors (Lipinski definition) is 2. The summed E-state index contributed by atoms with van der Waals surface area (Å²) in [6, 6.07) is 5.40. The average Bonchev–Trinajstić information content (AvgIpc) is 2.36. The topological polar surface area (TPSA) is 86.0 Å². The lowest BCUT2D eigenvalue weighted by Crippen LogP contribution is -2.09. The second-order valence-electron chi connectivity index (χ2n) is 4.29. The molecule has 1 aromatic heterocycles. The number of aromatic nitrogens is 1. The predicted molar refractivity (Wildman–Crippen MR) is 68.1 cm³/mol. The molecule has 0 aliphatic heterocycles. The molecule has 18 heavy (non-hydrogen) atoms. The zero-order valence-electron chi connectivity index (χ0n) is 10.4. The minimum Gasteiger partial charge on any atom is -0.481 e. The lowest BCUT2D eigenvalue weighted by atomic mass is 10.0. The maximum atomic E-state index is 10.4. The molecule has 0 fully saturated rings. The molecule has 1 aromatic rings. The van der Waals surface area contributed by atoms with Gasteiger partial charge in [-0.3, -0.25) is 4.79 Å². The van der Waals surface area contributed by atoms with Gasteiger partial charge in [-0.05, 0) is 30.9 Å². The van der Waals surface area contributed by atoms with Crippen molar-refractivity contribution in [2.24, 2.45) is 5.92 Å². The van der Waals surface area contributed by atoms with Gasteiger partial charge >= 0.3 is 5.97 Å². The van der Waals surface area contributed by atoms with Gasteiger partial charge in [-0.15, -0.1) is 0 Å². The fourth-order valence-electron chi connectivity index (χ4n) is 1.56. The largest absolute Gasteiger partial charge is 0.481 e. The molecule has 0 aliphatic carbocycles. The number of anilines is 1. The molecular formula is C13H17N3O2. The zero-order valence-corrected chi connectivity index (χ0v) is 10.4. The van der Waals surface area contributed by atoms with Crippen LogP contribution in [0.25, 0.3) is 0 Å². The molecule has 0 aromatic carbocycles. The summed E-state index contributed by atoms with van der Waals surface area (Å²) in [6.07, 6.45) is 3.37. The quantitative estimate of drug-likeness (QED) is 0.771. The molecule has 0 amide bonds. The summed E-state index contributed by atoms with van der Waals surface area (Å²) >= 11 is 0. The minimum atomic E-state index is -0.752. The molecule has 1 unspecified atom stereocenters. The van der Waals surface area contributed by atoms with E-state index in [1.807, 2.05) is 6.92 Å². The number of aliphatic carboxylic acids is 1. The minimum absolute atomic E-state index is 0.212. The summed E-state index contributed by atoms with van der Waals surface area (Å²) in [5, 5.41) is 20.4. The highest BCUT2D eigenvalue weighted by Gasteiger charge is 2.05. The third-order valence-electron chi connectivity index (χ3n) is 2.68. The van der Waals surface area contributed by atoms with Crippen molar-refractivity contribution in [3.05, 3.63) is 23.9 Å². The van der Waals surface area contributed by atoms with Crippen LogP contribution in [0.5, 0.6) is 0 Å². The normalized spacial score (nSPS) is 11.6. The van der Waals surface area contributed by atoms with E-state index in [1.165, 1.54) is 0 Å². The molecule has 0 bridgehead atoms. The molecule has 1 heterocycles. The van der Waals surface area contributed by atoms with Gasteiger partial charge in [0.1, 0.15) is 5.82 Å². The SMILES string of the molecule is CC(CCNc1cc(C#N)ccn1)CCC(=O)O. The van der Waals surface area contributed by atoms with Gasteiger partial charge in [0.25, 0.3) is 0 Å². The Hall–Kier alpha value is -2.09. The number of nitriles is 1. The monoisotopic (exact) mass is 247 g/mol. The number of pyridine rings is 1. The number of hydrogen-bond acceptors (Lipinski definition) is 4. The standard InChI is InChI=1S/C13H17N3O2/c1-10(2-3-13(17)18)4-6-15-12-8-11(9-14)5-7-16-12/h5,7-8,10H,2-4,6H2,1H3,(H,15,16)(H,17,18). The molecule has 96 valence electrons. The predicted octanol–water partition coefficient (Wildman–Crippen LogP) is 2.26. The number of nitrogens with one attached hydrogen (secondary N) is 1. The Morgan fingerprint density at radius 1 is 1.61 bits per heavy atom. The smallest absolute Gasteiger partial charge is 0.303 e. The van der Waals surface area contributed by atoms with Gasteiger partial charge in [-0.2, -0.15) is 5.26 Å². The zero-order chi connectivity index (χ0) is 13.4. The van der Waals surface area contributed by atoms with Crippen molar-refractivity contribution in [3.8, 4) is 6.07 Å². The van der Waals surface area contributed by atoms with E-state index in [9.17, 15) is 4.79 Å². The Balaban J connectivity index is 2.28. The van der Waals surface area contributed by atoms with Crippen molar-refractivity contribution in [2.45, 2.75) is 26.2 Å². The number of carboxylic acid groups (broad SMARTS) is 1. The van der Waals surface area contributed by atoms with Crippen LogP contribution in [0.15, 0.2) is 18.3 Å². The van der Waals surface area contributed by atoms with Crippen LogP contribution < -0.4 is 5.32 Å². The Morgan fingerprint density at radius 3 is 3.06 bits per heavy atom. The number of carbonyl (C=O) groups is 1. The summed E-state index contributed by atoms with van der Waals surface area (Å²) in [5.41, 5.74) is 0.575. The lowest BCUT2D eigenvalue weighted by Gasteiger charge is -2.11. The van der Waals surface area contributed by atoms with Crippen LogP contribution in [0.3, 0.4) is 0 Å². The lowest BCUT2D eigenvalue weighted by molar-refractivity contribution is -0.137. The van der Waals surface area contributed by atoms with Gasteiger partial charge in [0.05, 0.1) is 11.6 Å². The summed E-state index contributed by atoms with van der Waals surface area (Å²) in [5.74, 6) is 0.283. The first kappa shape index (κ1) is 14.0. The molecule has 0 spiro atoms. The van der Waals surface area contributed by atoms with Crippen LogP contribution in [-0.2, 0) is 4.79 Å². The van der Waals surface area contributed by atoms with Crippen LogP contribution in [-0.4, -0.2) is 22.6 Å². The first-order valence-electron chi connectivity index (χ1n) is 5.93. The van der Waals surface area contributed by atoms with Crippen molar-refractivity contribution in [3.63, 3.8) is 0 Å². The maximum Gasteiger partial charge on any atom is 0.303 e. The van der Waals surface area contributed by atoms with E-state index >= 15 is 0 Å². The van der Waals surface area contributed by atoms with Gasteiger partial charge in [0.15, 0.2) is 0 Å². The highest BCUT2D eigenvalue weighted by Crippen LogP contribution is 2.11. The number of nitrogens with zero attached hydrogens (tertiary/aromatic N) is 2. The van der Waals surface area contributed by atoms with E-state index < -0.39 is 5.97 Å². The Morgan fingerprint density at radius 2 is 2.39 bits per heavy atom. The third kappa shape index (κ3) is 5.30. The molecule has 1 atom stereocenters. The Bertz CT molecular complexity index is 440. The molecular weight excluding hydrogens is 230 g/mol. The number of carboxylic acids is 1. The molecule has 5 nitrogen and oxygen atoms in total. The Kier molecular flexibility index (Phi) is 5.65. The average molecular weight is 247 g/mol.